The second-order valence-electron chi connectivity index (χ2n) is 4.97. The first-order valence-electron chi connectivity index (χ1n) is 7.19. The lowest BCUT2D eigenvalue weighted by Crippen LogP contribution is -2.32. The maximum Gasteiger partial charge on any atom is 0.189 e. The highest BCUT2D eigenvalue weighted by atomic mass is 19.1. The van der Waals surface area contributed by atoms with E-state index >= 15 is 0 Å². The van der Waals surface area contributed by atoms with Crippen molar-refractivity contribution in [3.05, 3.63) is 41.7 Å². The van der Waals surface area contributed by atoms with E-state index in [2.05, 4.69) is 16.9 Å². The molecule has 0 aliphatic heterocycles. The highest BCUT2D eigenvalue weighted by Gasteiger charge is 2.08. The Kier molecular flexibility index (Phi) is 6.72. The van der Waals surface area contributed by atoms with Crippen LogP contribution in [-0.4, -0.2) is 25.6 Å². The summed E-state index contributed by atoms with van der Waals surface area (Å²) in [7, 11) is 0. The van der Waals surface area contributed by atoms with Gasteiger partial charge in [0.15, 0.2) is 5.96 Å². The third-order valence-electron chi connectivity index (χ3n) is 3.12. The Morgan fingerprint density at radius 1 is 1.38 bits per heavy atom. The zero-order valence-electron chi connectivity index (χ0n) is 13.1. The van der Waals surface area contributed by atoms with Gasteiger partial charge >= 0.3 is 0 Å². The Morgan fingerprint density at radius 2 is 2.05 bits per heavy atom. The molecule has 0 amide bonds. The molecule has 0 aliphatic rings. The van der Waals surface area contributed by atoms with Crippen LogP contribution in [0, 0.1) is 5.82 Å². The van der Waals surface area contributed by atoms with Gasteiger partial charge in [-0.05, 0) is 38.5 Å². The second kappa shape index (κ2) is 8.29. The Bertz CT molecular complexity index is 507. The summed E-state index contributed by atoms with van der Waals surface area (Å²) in [6, 6.07) is 5.19. The van der Waals surface area contributed by atoms with Gasteiger partial charge in [-0.15, -0.1) is 0 Å². The predicted molar refractivity (Wildman–Crippen MR) is 88.1 cm³/mol. The maximum atomic E-state index is 14.1. The van der Waals surface area contributed by atoms with Crippen molar-refractivity contribution < 1.29 is 4.39 Å². The fourth-order valence-corrected chi connectivity index (χ4v) is 1.94. The van der Waals surface area contributed by atoms with Gasteiger partial charge in [0.25, 0.3) is 0 Å². The summed E-state index contributed by atoms with van der Waals surface area (Å²) >= 11 is 0. The first kappa shape index (κ1) is 17.0. The Morgan fingerprint density at radius 3 is 2.57 bits per heavy atom. The van der Waals surface area contributed by atoms with Crippen molar-refractivity contribution in [2.24, 2.45) is 10.7 Å². The van der Waals surface area contributed by atoms with Gasteiger partial charge < -0.3 is 16.0 Å². The van der Waals surface area contributed by atoms with E-state index in [9.17, 15) is 4.39 Å². The van der Waals surface area contributed by atoms with Crippen LogP contribution in [0.5, 0.6) is 0 Å². The van der Waals surface area contributed by atoms with Crippen LogP contribution < -0.4 is 16.0 Å². The van der Waals surface area contributed by atoms with E-state index in [0.29, 0.717) is 24.7 Å². The third kappa shape index (κ3) is 5.45. The van der Waals surface area contributed by atoms with Crippen molar-refractivity contribution in [3.63, 3.8) is 0 Å². The van der Waals surface area contributed by atoms with Crippen LogP contribution in [-0.2, 0) is 6.54 Å². The van der Waals surface area contributed by atoms with Gasteiger partial charge in [0.05, 0.1) is 12.2 Å². The normalized spacial score (nSPS) is 11.3. The van der Waals surface area contributed by atoms with Gasteiger partial charge in [-0.2, -0.15) is 0 Å². The molecular weight excluding hydrogens is 267 g/mol. The topological polar surface area (TPSA) is 53.6 Å². The molecule has 1 aromatic rings. The van der Waals surface area contributed by atoms with E-state index in [1.807, 2.05) is 31.7 Å². The Balaban J connectivity index is 2.71. The quantitative estimate of drug-likeness (QED) is 0.461. The largest absolute Gasteiger partial charge is 0.370 e. The molecule has 0 saturated carbocycles. The van der Waals surface area contributed by atoms with Crippen LogP contribution in [0.15, 0.2) is 35.3 Å². The van der Waals surface area contributed by atoms with Gasteiger partial charge in [-0.3, -0.25) is 0 Å². The first-order valence-corrected chi connectivity index (χ1v) is 7.19. The van der Waals surface area contributed by atoms with Crippen molar-refractivity contribution in [2.75, 3.05) is 24.5 Å². The molecule has 0 heterocycles. The molecule has 1 aromatic carbocycles. The molecule has 5 heteroatoms. The van der Waals surface area contributed by atoms with E-state index in [-0.39, 0.29) is 5.82 Å². The molecule has 0 atom stereocenters. The fourth-order valence-electron chi connectivity index (χ4n) is 1.94. The SMILES string of the molecule is C=C(C)CNC(N)=NCc1ccc(N(CC)CC)c(F)c1. The number of aliphatic imine (C=N–C) groups is 1. The summed E-state index contributed by atoms with van der Waals surface area (Å²) < 4.78 is 14.1. The summed E-state index contributed by atoms with van der Waals surface area (Å²) in [5, 5.41) is 2.94. The molecule has 0 fully saturated rings. The minimum absolute atomic E-state index is 0.222. The van der Waals surface area contributed by atoms with E-state index < -0.39 is 0 Å². The number of halogens is 1. The van der Waals surface area contributed by atoms with Crippen molar-refractivity contribution in [1.29, 1.82) is 0 Å². The number of nitrogens with two attached hydrogens (primary N) is 1. The number of hydrogen-bond donors (Lipinski definition) is 2. The zero-order chi connectivity index (χ0) is 15.8. The van der Waals surface area contributed by atoms with Crippen LogP contribution >= 0.6 is 0 Å². The van der Waals surface area contributed by atoms with Gasteiger partial charge in [-0.1, -0.05) is 18.2 Å². The molecule has 3 N–H and O–H groups in total. The molecule has 1 rings (SSSR count). The molecule has 4 nitrogen and oxygen atoms in total. The van der Waals surface area contributed by atoms with E-state index in [4.69, 9.17) is 5.73 Å². The van der Waals surface area contributed by atoms with Gasteiger partial charge in [0.2, 0.25) is 0 Å². The van der Waals surface area contributed by atoms with Gasteiger partial charge in [0.1, 0.15) is 5.82 Å². The van der Waals surface area contributed by atoms with Gasteiger partial charge in [0, 0.05) is 19.6 Å². The average molecular weight is 292 g/mol. The molecule has 0 bridgehead atoms. The summed E-state index contributed by atoms with van der Waals surface area (Å²) in [6.07, 6.45) is 0. The maximum absolute atomic E-state index is 14.1. The van der Waals surface area contributed by atoms with Gasteiger partial charge in [-0.25, -0.2) is 9.38 Å². The number of anilines is 1. The molecular formula is C16H25FN4. The van der Waals surface area contributed by atoms with Crippen LogP contribution in [0.3, 0.4) is 0 Å². The lowest BCUT2D eigenvalue weighted by molar-refractivity contribution is 0.617. The summed E-state index contributed by atoms with van der Waals surface area (Å²) in [5.74, 6) is 0.117. The molecule has 0 aliphatic carbocycles. The minimum Gasteiger partial charge on any atom is -0.370 e. The highest BCUT2D eigenvalue weighted by molar-refractivity contribution is 5.78. The van der Waals surface area contributed by atoms with Crippen molar-refractivity contribution in [1.82, 2.24) is 5.32 Å². The molecule has 0 spiro atoms. The molecule has 0 saturated heterocycles. The van der Waals surface area contributed by atoms with Crippen LogP contribution in [0.1, 0.15) is 26.3 Å². The van der Waals surface area contributed by atoms with Crippen molar-refractivity contribution >= 4 is 11.6 Å². The van der Waals surface area contributed by atoms with Crippen LogP contribution in [0.25, 0.3) is 0 Å². The fraction of sp³-hybridized carbons (Fsp3) is 0.438. The minimum atomic E-state index is -0.222. The predicted octanol–water partition coefficient (Wildman–Crippen LogP) is 2.65. The average Bonchev–Trinajstić information content (AvgIpc) is 2.46. The van der Waals surface area contributed by atoms with Crippen molar-refractivity contribution in [2.45, 2.75) is 27.3 Å². The number of guanidine groups is 1. The lowest BCUT2D eigenvalue weighted by atomic mass is 10.2. The standard InChI is InChI=1S/C16H25FN4/c1-5-21(6-2)15-8-7-13(9-14(15)17)11-20-16(18)19-10-12(3)4/h7-9H,3,5-6,10-11H2,1-2,4H3,(H3,18,19,20). The molecule has 0 radical (unpaired) electrons. The summed E-state index contributed by atoms with van der Waals surface area (Å²) in [6.45, 7) is 12.2. The number of nitrogens with one attached hydrogen (secondary N) is 1. The molecule has 0 unspecified atom stereocenters. The zero-order valence-corrected chi connectivity index (χ0v) is 13.1. The summed E-state index contributed by atoms with van der Waals surface area (Å²) in [5.41, 5.74) is 8.12. The molecule has 0 aromatic heterocycles. The number of nitrogens with zero attached hydrogens (tertiary/aromatic N) is 2. The third-order valence-corrected chi connectivity index (χ3v) is 3.12. The summed E-state index contributed by atoms with van der Waals surface area (Å²) in [4.78, 5) is 6.16. The molecule has 21 heavy (non-hydrogen) atoms. The van der Waals surface area contributed by atoms with Crippen molar-refractivity contribution in [3.8, 4) is 0 Å². The van der Waals surface area contributed by atoms with Crippen LogP contribution in [0.2, 0.25) is 0 Å². The Labute approximate surface area is 126 Å². The Hall–Kier alpha value is -2.04. The lowest BCUT2D eigenvalue weighted by Gasteiger charge is -2.21. The number of rotatable bonds is 7. The van der Waals surface area contributed by atoms with E-state index in [1.54, 1.807) is 6.07 Å². The molecule has 116 valence electrons. The monoisotopic (exact) mass is 292 g/mol. The van der Waals surface area contributed by atoms with Crippen LogP contribution in [0.4, 0.5) is 10.1 Å². The van der Waals surface area contributed by atoms with E-state index in [1.165, 1.54) is 6.07 Å². The number of benzene rings is 1. The highest BCUT2D eigenvalue weighted by Crippen LogP contribution is 2.20. The second-order valence-corrected chi connectivity index (χ2v) is 4.97. The number of hydrogen-bond acceptors (Lipinski definition) is 2. The first-order chi connectivity index (χ1) is 9.97. The smallest absolute Gasteiger partial charge is 0.189 e. The van der Waals surface area contributed by atoms with E-state index in [0.717, 1.165) is 24.2 Å².